The third kappa shape index (κ3) is 4.09. The molecular weight excluding hydrogens is 292 g/mol. The molecule has 0 bridgehead atoms. The maximum atomic E-state index is 12.4. The van der Waals surface area contributed by atoms with Crippen molar-refractivity contribution in [3.8, 4) is 5.75 Å². The molecule has 4 N–H and O–H groups in total. The lowest BCUT2D eigenvalue weighted by Gasteiger charge is -2.25. The standard InChI is InChI=1S/C18H22N2O3/c1-18(19,14-8-4-3-5-9-14)17(22)20-12-16(21)13-7-6-10-15(11-13)23-2/h3-11,16,21H,12,19H2,1-2H3,(H,20,22). The molecule has 0 radical (unpaired) electrons. The molecule has 2 atom stereocenters. The highest BCUT2D eigenvalue weighted by atomic mass is 16.5. The van der Waals surface area contributed by atoms with E-state index in [-0.39, 0.29) is 12.5 Å². The zero-order chi connectivity index (χ0) is 16.9. The molecule has 1 amide bonds. The number of hydrogen-bond donors (Lipinski definition) is 3. The predicted molar refractivity (Wildman–Crippen MR) is 88.9 cm³/mol. The van der Waals surface area contributed by atoms with E-state index >= 15 is 0 Å². The zero-order valence-corrected chi connectivity index (χ0v) is 13.3. The van der Waals surface area contributed by atoms with E-state index in [4.69, 9.17) is 10.5 Å². The van der Waals surface area contributed by atoms with Crippen molar-refractivity contribution >= 4 is 5.91 Å². The third-order valence-corrected chi connectivity index (χ3v) is 3.78. The molecule has 0 aliphatic rings. The molecule has 0 aliphatic carbocycles. The van der Waals surface area contributed by atoms with Crippen LogP contribution in [0.5, 0.6) is 5.75 Å². The monoisotopic (exact) mass is 314 g/mol. The van der Waals surface area contributed by atoms with Gasteiger partial charge in [0.25, 0.3) is 0 Å². The Bertz CT molecular complexity index is 656. The lowest BCUT2D eigenvalue weighted by Crippen LogP contribution is -2.49. The smallest absolute Gasteiger partial charge is 0.244 e. The Kier molecular flexibility index (Phi) is 5.36. The van der Waals surface area contributed by atoms with E-state index in [0.29, 0.717) is 16.9 Å². The Hall–Kier alpha value is -2.37. The fraction of sp³-hybridized carbons (Fsp3) is 0.278. The summed E-state index contributed by atoms with van der Waals surface area (Å²) in [7, 11) is 1.56. The maximum Gasteiger partial charge on any atom is 0.244 e. The van der Waals surface area contributed by atoms with Crippen LogP contribution in [0, 0.1) is 0 Å². The van der Waals surface area contributed by atoms with Gasteiger partial charge in [0.05, 0.1) is 13.2 Å². The molecule has 0 saturated heterocycles. The van der Waals surface area contributed by atoms with E-state index in [0.717, 1.165) is 0 Å². The number of carbonyl (C=O) groups excluding carboxylic acids is 1. The van der Waals surface area contributed by atoms with Crippen LogP contribution in [0.25, 0.3) is 0 Å². The fourth-order valence-corrected chi connectivity index (χ4v) is 2.26. The van der Waals surface area contributed by atoms with E-state index in [1.165, 1.54) is 0 Å². The van der Waals surface area contributed by atoms with Crippen molar-refractivity contribution < 1.29 is 14.6 Å². The molecular formula is C18H22N2O3. The summed E-state index contributed by atoms with van der Waals surface area (Å²) in [6.07, 6.45) is -0.833. The number of ether oxygens (including phenoxy) is 1. The summed E-state index contributed by atoms with van der Waals surface area (Å²) >= 11 is 0. The number of nitrogens with two attached hydrogens (primary N) is 1. The third-order valence-electron chi connectivity index (χ3n) is 3.78. The van der Waals surface area contributed by atoms with Gasteiger partial charge in [-0.2, -0.15) is 0 Å². The normalized spacial score (nSPS) is 14.6. The highest BCUT2D eigenvalue weighted by molar-refractivity contribution is 5.87. The summed E-state index contributed by atoms with van der Waals surface area (Å²) in [6.45, 7) is 1.72. The van der Waals surface area contributed by atoms with Crippen LogP contribution >= 0.6 is 0 Å². The van der Waals surface area contributed by atoms with Crippen LogP contribution in [0.15, 0.2) is 54.6 Å². The number of benzene rings is 2. The van der Waals surface area contributed by atoms with Crippen LogP contribution in [0.1, 0.15) is 24.2 Å². The first-order valence-electron chi connectivity index (χ1n) is 7.40. The highest BCUT2D eigenvalue weighted by Gasteiger charge is 2.30. The van der Waals surface area contributed by atoms with Crippen molar-refractivity contribution in [3.63, 3.8) is 0 Å². The minimum Gasteiger partial charge on any atom is -0.497 e. The number of amides is 1. The molecule has 5 nitrogen and oxygen atoms in total. The van der Waals surface area contributed by atoms with Crippen molar-refractivity contribution in [2.75, 3.05) is 13.7 Å². The number of carbonyl (C=O) groups is 1. The van der Waals surface area contributed by atoms with Crippen molar-refractivity contribution in [2.24, 2.45) is 5.73 Å². The molecule has 0 heterocycles. The number of nitrogens with one attached hydrogen (secondary N) is 1. The molecule has 0 aromatic heterocycles. The zero-order valence-electron chi connectivity index (χ0n) is 13.3. The topological polar surface area (TPSA) is 84.6 Å². The summed E-state index contributed by atoms with van der Waals surface area (Å²) in [5.41, 5.74) is 6.37. The van der Waals surface area contributed by atoms with Gasteiger partial charge in [-0.25, -0.2) is 0 Å². The summed E-state index contributed by atoms with van der Waals surface area (Å²) in [4.78, 5) is 12.4. The Morgan fingerprint density at radius 2 is 1.96 bits per heavy atom. The number of aliphatic hydroxyl groups is 1. The largest absolute Gasteiger partial charge is 0.497 e. The number of rotatable bonds is 6. The summed E-state index contributed by atoms with van der Waals surface area (Å²) in [6, 6.07) is 16.2. The van der Waals surface area contributed by atoms with Gasteiger partial charge in [-0.15, -0.1) is 0 Å². The minimum absolute atomic E-state index is 0.0750. The Labute approximate surface area is 136 Å². The van der Waals surface area contributed by atoms with Crippen LogP contribution < -0.4 is 15.8 Å². The van der Waals surface area contributed by atoms with E-state index < -0.39 is 11.6 Å². The predicted octanol–water partition coefficient (Wildman–Crippen LogP) is 1.72. The van der Waals surface area contributed by atoms with Gasteiger partial charge in [0.2, 0.25) is 5.91 Å². The molecule has 0 spiro atoms. The van der Waals surface area contributed by atoms with E-state index in [1.807, 2.05) is 18.2 Å². The molecule has 2 aromatic carbocycles. The maximum absolute atomic E-state index is 12.4. The second-order valence-electron chi connectivity index (χ2n) is 5.57. The highest BCUT2D eigenvalue weighted by Crippen LogP contribution is 2.20. The molecule has 2 aromatic rings. The van der Waals surface area contributed by atoms with Crippen molar-refractivity contribution in [1.29, 1.82) is 0 Å². The van der Waals surface area contributed by atoms with E-state index in [9.17, 15) is 9.90 Å². The second-order valence-corrected chi connectivity index (χ2v) is 5.57. The van der Waals surface area contributed by atoms with Gasteiger partial charge in [0.1, 0.15) is 11.3 Å². The molecule has 2 unspecified atom stereocenters. The fourth-order valence-electron chi connectivity index (χ4n) is 2.26. The molecule has 5 heteroatoms. The summed E-state index contributed by atoms with van der Waals surface area (Å²) in [5, 5.41) is 12.9. The molecule has 2 rings (SSSR count). The summed E-state index contributed by atoms with van der Waals surface area (Å²) in [5.74, 6) is 0.312. The molecule has 0 fully saturated rings. The first-order chi connectivity index (χ1) is 10.9. The van der Waals surface area contributed by atoms with Gasteiger partial charge in [0, 0.05) is 6.54 Å². The van der Waals surface area contributed by atoms with Gasteiger partial charge >= 0.3 is 0 Å². The number of aliphatic hydroxyl groups excluding tert-OH is 1. The SMILES string of the molecule is COc1cccc(C(O)CNC(=O)C(C)(N)c2ccccc2)c1. The lowest BCUT2D eigenvalue weighted by atomic mass is 9.92. The van der Waals surface area contributed by atoms with Crippen LogP contribution in [0.3, 0.4) is 0 Å². The number of hydrogen-bond acceptors (Lipinski definition) is 4. The second kappa shape index (κ2) is 7.26. The van der Waals surface area contributed by atoms with Crippen molar-refractivity contribution in [2.45, 2.75) is 18.6 Å². The first-order valence-corrected chi connectivity index (χ1v) is 7.40. The first kappa shape index (κ1) is 17.0. The molecule has 0 saturated carbocycles. The molecule has 122 valence electrons. The van der Waals surface area contributed by atoms with Gasteiger partial charge in [-0.3, -0.25) is 4.79 Å². The minimum atomic E-state index is -1.16. The quantitative estimate of drug-likeness (QED) is 0.758. The van der Waals surface area contributed by atoms with Gasteiger partial charge in [-0.05, 0) is 30.2 Å². The van der Waals surface area contributed by atoms with Crippen molar-refractivity contribution in [1.82, 2.24) is 5.32 Å². The van der Waals surface area contributed by atoms with Gasteiger partial charge < -0.3 is 20.9 Å². The van der Waals surface area contributed by atoms with E-state index in [1.54, 1.807) is 50.4 Å². The van der Waals surface area contributed by atoms with Crippen LogP contribution in [0.4, 0.5) is 0 Å². The van der Waals surface area contributed by atoms with Crippen LogP contribution in [0.2, 0.25) is 0 Å². The van der Waals surface area contributed by atoms with Crippen LogP contribution in [-0.2, 0) is 10.3 Å². The summed E-state index contributed by atoms with van der Waals surface area (Å²) < 4.78 is 5.12. The van der Waals surface area contributed by atoms with Crippen molar-refractivity contribution in [3.05, 3.63) is 65.7 Å². The Morgan fingerprint density at radius 3 is 2.61 bits per heavy atom. The Morgan fingerprint density at radius 1 is 1.26 bits per heavy atom. The van der Waals surface area contributed by atoms with Crippen LogP contribution in [-0.4, -0.2) is 24.7 Å². The van der Waals surface area contributed by atoms with Gasteiger partial charge in [0.15, 0.2) is 0 Å². The lowest BCUT2D eigenvalue weighted by molar-refractivity contribution is -0.126. The average molecular weight is 314 g/mol. The molecule has 0 aliphatic heterocycles. The van der Waals surface area contributed by atoms with E-state index in [2.05, 4.69) is 5.32 Å². The molecule has 23 heavy (non-hydrogen) atoms. The Balaban J connectivity index is 2.00. The number of methoxy groups -OCH3 is 1. The van der Waals surface area contributed by atoms with Gasteiger partial charge in [-0.1, -0.05) is 42.5 Å². The average Bonchev–Trinajstić information content (AvgIpc) is 2.60.